The van der Waals surface area contributed by atoms with E-state index in [0.29, 0.717) is 17.9 Å². The Kier molecular flexibility index (Phi) is 4.77. The summed E-state index contributed by atoms with van der Waals surface area (Å²) in [5, 5.41) is 9.45. The van der Waals surface area contributed by atoms with Gasteiger partial charge in [0.15, 0.2) is 0 Å². The number of carbonyl (C=O) groups is 1. The van der Waals surface area contributed by atoms with Crippen LogP contribution in [-0.4, -0.2) is 17.7 Å². The first-order chi connectivity index (χ1) is 10.1. The molecule has 2 rings (SSSR count). The molecule has 0 heterocycles. The minimum atomic E-state index is -0.954. The van der Waals surface area contributed by atoms with E-state index in [9.17, 15) is 9.90 Å². The molecule has 3 heteroatoms. The molecule has 0 aliphatic carbocycles. The number of carboxylic acids is 1. The molecule has 21 heavy (non-hydrogen) atoms. The van der Waals surface area contributed by atoms with E-state index in [4.69, 9.17) is 4.74 Å². The van der Waals surface area contributed by atoms with Crippen molar-refractivity contribution >= 4 is 17.6 Å². The van der Waals surface area contributed by atoms with Gasteiger partial charge in [-0.05, 0) is 43.2 Å². The van der Waals surface area contributed by atoms with Gasteiger partial charge in [-0.3, -0.25) is 0 Å². The Hall–Kier alpha value is -2.55. The zero-order valence-electron chi connectivity index (χ0n) is 12.2. The second-order valence-electron chi connectivity index (χ2n) is 4.73. The van der Waals surface area contributed by atoms with E-state index in [1.165, 1.54) is 0 Å². The van der Waals surface area contributed by atoms with E-state index in [1.807, 2.05) is 44.2 Å². The van der Waals surface area contributed by atoms with Crippen LogP contribution in [0.15, 0.2) is 48.5 Å². The van der Waals surface area contributed by atoms with Gasteiger partial charge in [-0.15, -0.1) is 0 Å². The summed E-state index contributed by atoms with van der Waals surface area (Å²) in [5.74, 6) is -0.282. The number of hydrogen-bond acceptors (Lipinski definition) is 2. The maximum atomic E-state index is 11.5. The number of aliphatic carboxylic acids is 1. The van der Waals surface area contributed by atoms with Crippen molar-refractivity contribution in [3.05, 3.63) is 65.2 Å². The van der Waals surface area contributed by atoms with Crippen molar-refractivity contribution in [2.75, 3.05) is 6.61 Å². The SMILES string of the molecule is CCOc1cccc(/C(=C/c2ccc(C)cc2)C(=O)O)c1. The fraction of sp³-hybridized carbons (Fsp3) is 0.167. The predicted molar refractivity (Wildman–Crippen MR) is 84.3 cm³/mol. The molecule has 2 aromatic carbocycles. The monoisotopic (exact) mass is 282 g/mol. The van der Waals surface area contributed by atoms with Crippen LogP contribution >= 0.6 is 0 Å². The molecule has 0 atom stereocenters. The number of hydrogen-bond donors (Lipinski definition) is 1. The molecule has 0 saturated heterocycles. The summed E-state index contributed by atoms with van der Waals surface area (Å²) in [7, 11) is 0. The summed E-state index contributed by atoms with van der Waals surface area (Å²) in [6.45, 7) is 4.44. The third kappa shape index (κ3) is 3.96. The molecule has 0 amide bonds. The number of ether oxygens (including phenoxy) is 1. The first-order valence-corrected chi connectivity index (χ1v) is 6.85. The molecule has 3 nitrogen and oxygen atoms in total. The van der Waals surface area contributed by atoms with Crippen LogP contribution in [0.3, 0.4) is 0 Å². The van der Waals surface area contributed by atoms with Gasteiger partial charge in [0.2, 0.25) is 0 Å². The average molecular weight is 282 g/mol. The highest BCUT2D eigenvalue weighted by atomic mass is 16.5. The van der Waals surface area contributed by atoms with Crippen molar-refractivity contribution in [2.45, 2.75) is 13.8 Å². The fourth-order valence-electron chi connectivity index (χ4n) is 2.02. The van der Waals surface area contributed by atoms with E-state index in [-0.39, 0.29) is 5.57 Å². The maximum Gasteiger partial charge on any atom is 0.336 e. The standard InChI is InChI=1S/C18H18O3/c1-3-21-16-6-4-5-15(12-16)17(18(19)20)11-14-9-7-13(2)8-10-14/h4-12H,3H2,1-2H3,(H,19,20)/b17-11-. The maximum absolute atomic E-state index is 11.5. The Morgan fingerprint density at radius 3 is 2.52 bits per heavy atom. The molecule has 0 spiro atoms. The molecule has 0 unspecified atom stereocenters. The van der Waals surface area contributed by atoms with E-state index in [2.05, 4.69) is 0 Å². The Balaban J connectivity index is 2.41. The summed E-state index contributed by atoms with van der Waals surface area (Å²) in [4.78, 5) is 11.5. The van der Waals surface area contributed by atoms with Crippen molar-refractivity contribution in [1.82, 2.24) is 0 Å². The molecule has 0 aliphatic heterocycles. The minimum Gasteiger partial charge on any atom is -0.494 e. The van der Waals surface area contributed by atoms with Gasteiger partial charge in [-0.2, -0.15) is 0 Å². The zero-order valence-corrected chi connectivity index (χ0v) is 12.2. The largest absolute Gasteiger partial charge is 0.494 e. The van der Waals surface area contributed by atoms with Gasteiger partial charge in [-0.1, -0.05) is 42.0 Å². The quantitative estimate of drug-likeness (QED) is 0.665. The van der Waals surface area contributed by atoms with Crippen molar-refractivity contribution in [1.29, 1.82) is 0 Å². The molecule has 0 aliphatic rings. The summed E-state index contributed by atoms with van der Waals surface area (Å²) in [6, 6.07) is 14.9. The third-order valence-electron chi connectivity index (χ3n) is 3.07. The highest BCUT2D eigenvalue weighted by Gasteiger charge is 2.11. The lowest BCUT2D eigenvalue weighted by atomic mass is 10.0. The fourth-order valence-corrected chi connectivity index (χ4v) is 2.02. The molecular weight excluding hydrogens is 264 g/mol. The molecular formula is C18H18O3. The first-order valence-electron chi connectivity index (χ1n) is 6.85. The van der Waals surface area contributed by atoms with Crippen LogP contribution in [0.2, 0.25) is 0 Å². The normalized spacial score (nSPS) is 11.2. The Bertz CT molecular complexity index is 654. The van der Waals surface area contributed by atoms with Crippen LogP contribution in [-0.2, 0) is 4.79 Å². The summed E-state index contributed by atoms with van der Waals surface area (Å²) in [6.07, 6.45) is 1.67. The molecule has 0 bridgehead atoms. The summed E-state index contributed by atoms with van der Waals surface area (Å²) in [5.41, 5.74) is 2.89. The highest BCUT2D eigenvalue weighted by Crippen LogP contribution is 2.23. The number of carboxylic acid groups (broad SMARTS) is 1. The van der Waals surface area contributed by atoms with Crippen molar-refractivity contribution in [3.8, 4) is 5.75 Å². The van der Waals surface area contributed by atoms with Crippen LogP contribution in [0, 0.1) is 6.92 Å². The van der Waals surface area contributed by atoms with Gasteiger partial charge in [-0.25, -0.2) is 4.79 Å². The highest BCUT2D eigenvalue weighted by molar-refractivity contribution is 6.20. The summed E-state index contributed by atoms with van der Waals surface area (Å²) >= 11 is 0. The first kappa shape index (κ1) is 14.9. The van der Waals surface area contributed by atoms with Crippen molar-refractivity contribution in [3.63, 3.8) is 0 Å². The lowest BCUT2D eigenvalue weighted by Gasteiger charge is -2.07. The average Bonchev–Trinajstić information content (AvgIpc) is 2.47. The van der Waals surface area contributed by atoms with E-state index in [1.54, 1.807) is 24.3 Å². The lowest BCUT2D eigenvalue weighted by Crippen LogP contribution is -2.00. The Morgan fingerprint density at radius 1 is 1.19 bits per heavy atom. The van der Waals surface area contributed by atoms with Crippen LogP contribution in [0.4, 0.5) is 0 Å². The topological polar surface area (TPSA) is 46.5 Å². The zero-order chi connectivity index (χ0) is 15.2. The number of aryl methyl sites for hydroxylation is 1. The van der Waals surface area contributed by atoms with Crippen LogP contribution in [0.25, 0.3) is 11.6 Å². The number of rotatable bonds is 5. The van der Waals surface area contributed by atoms with Crippen molar-refractivity contribution in [2.24, 2.45) is 0 Å². The minimum absolute atomic E-state index is 0.250. The summed E-state index contributed by atoms with van der Waals surface area (Å²) < 4.78 is 5.42. The molecule has 0 fully saturated rings. The molecule has 0 saturated carbocycles. The van der Waals surface area contributed by atoms with Gasteiger partial charge in [0, 0.05) is 0 Å². The third-order valence-corrected chi connectivity index (χ3v) is 3.07. The number of benzene rings is 2. The molecule has 0 aromatic heterocycles. The van der Waals surface area contributed by atoms with Gasteiger partial charge in [0.05, 0.1) is 12.2 Å². The van der Waals surface area contributed by atoms with E-state index in [0.717, 1.165) is 11.1 Å². The van der Waals surface area contributed by atoms with Gasteiger partial charge < -0.3 is 9.84 Å². The van der Waals surface area contributed by atoms with Crippen molar-refractivity contribution < 1.29 is 14.6 Å². The van der Waals surface area contributed by atoms with Gasteiger partial charge >= 0.3 is 5.97 Å². The van der Waals surface area contributed by atoms with Crippen LogP contribution in [0.5, 0.6) is 5.75 Å². The van der Waals surface area contributed by atoms with Gasteiger partial charge in [0.1, 0.15) is 5.75 Å². The molecule has 108 valence electrons. The molecule has 0 radical (unpaired) electrons. The molecule has 2 aromatic rings. The van der Waals surface area contributed by atoms with Crippen LogP contribution < -0.4 is 4.74 Å². The Morgan fingerprint density at radius 2 is 1.90 bits per heavy atom. The smallest absolute Gasteiger partial charge is 0.336 e. The predicted octanol–water partition coefficient (Wildman–Crippen LogP) is 4.02. The van der Waals surface area contributed by atoms with E-state index < -0.39 is 5.97 Å². The second-order valence-corrected chi connectivity index (χ2v) is 4.73. The lowest BCUT2D eigenvalue weighted by molar-refractivity contribution is -0.130. The van der Waals surface area contributed by atoms with Gasteiger partial charge in [0.25, 0.3) is 0 Å². The second kappa shape index (κ2) is 6.75. The molecule has 1 N–H and O–H groups in total. The Labute approximate surface area is 124 Å². The van der Waals surface area contributed by atoms with Crippen LogP contribution in [0.1, 0.15) is 23.6 Å². The van der Waals surface area contributed by atoms with E-state index >= 15 is 0 Å².